The molecule has 1 atom stereocenters. The Morgan fingerprint density at radius 3 is 2.28 bits per heavy atom. The number of unbranched alkanes of at least 4 members (excludes halogenated alkanes) is 4. The molecule has 0 aliphatic carbocycles. The fourth-order valence-electron chi connectivity index (χ4n) is 2.26. The number of rotatable bonds is 8. The molecule has 0 saturated heterocycles. The Morgan fingerprint density at radius 2 is 1.72 bits per heavy atom. The second-order valence-electron chi connectivity index (χ2n) is 5.17. The molecule has 1 aromatic rings. The van der Waals surface area contributed by atoms with E-state index in [2.05, 4.69) is 6.92 Å². The Morgan fingerprint density at radius 1 is 1.11 bits per heavy atom. The SMILES string of the molecule is CCCCCCCC(C)(C(=O)O)c1ccccc1. The second kappa shape index (κ2) is 7.20. The average molecular weight is 248 g/mol. The summed E-state index contributed by atoms with van der Waals surface area (Å²) in [6.07, 6.45) is 6.50. The monoisotopic (exact) mass is 248 g/mol. The van der Waals surface area contributed by atoms with Crippen molar-refractivity contribution in [2.45, 2.75) is 57.8 Å². The lowest BCUT2D eigenvalue weighted by molar-refractivity contribution is -0.143. The van der Waals surface area contributed by atoms with E-state index in [-0.39, 0.29) is 0 Å². The van der Waals surface area contributed by atoms with E-state index in [9.17, 15) is 9.90 Å². The van der Waals surface area contributed by atoms with E-state index in [1.807, 2.05) is 37.3 Å². The van der Waals surface area contributed by atoms with Gasteiger partial charge >= 0.3 is 5.97 Å². The molecule has 0 saturated carbocycles. The number of benzene rings is 1. The summed E-state index contributed by atoms with van der Waals surface area (Å²) in [5.41, 5.74) is 0.168. The van der Waals surface area contributed by atoms with Crippen LogP contribution in [-0.4, -0.2) is 11.1 Å². The maximum absolute atomic E-state index is 11.5. The lowest BCUT2D eigenvalue weighted by Crippen LogP contribution is -2.32. The molecule has 0 amide bonds. The first-order chi connectivity index (χ1) is 8.61. The Bertz CT molecular complexity index is 359. The normalized spacial score (nSPS) is 14.1. The summed E-state index contributed by atoms with van der Waals surface area (Å²) >= 11 is 0. The van der Waals surface area contributed by atoms with Gasteiger partial charge in [-0.2, -0.15) is 0 Å². The van der Waals surface area contributed by atoms with Gasteiger partial charge in [0.2, 0.25) is 0 Å². The van der Waals surface area contributed by atoms with Crippen LogP contribution in [0.4, 0.5) is 0 Å². The summed E-state index contributed by atoms with van der Waals surface area (Å²) < 4.78 is 0. The zero-order valence-corrected chi connectivity index (χ0v) is 11.5. The van der Waals surface area contributed by atoms with Gasteiger partial charge in [-0.25, -0.2) is 0 Å². The van der Waals surface area contributed by atoms with E-state index in [0.717, 1.165) is 24.8 Å². The molecule has 0 aliphatic heterocycles. The summed E-state index contributed by atoms with van der Waals surface area (Å²) in [6.45, 7) is 4.02. The molecule has 0 fully saturated rings. The van der Waals surface area contributed by atoms with E-state index in [0.29, 0.717) is 0 Å². The molecular weight excluding hydrogens is 224 g/mol. The summed E-state index contributed by atoms with van der Waals surface area (Å²) in [4.78, 5) is 11.5. The van der Waals surface area contributed by atoms with E-state index >= 15 is 0 Å². The number of carboxylic acid groups (broad SMARTS) is 1. The van der Waals surface area contributed by atoms with Crippen LogP contribution in [0, 0.1) is 0 Å². The van der Waals surface area contributed by atoms with Crippen LogP contribution in [0.5, 0.6) is 0 Å². The van der Waals surface area contributed by atoms with Crippen molar-refractivity contribution in [2.24, 2.45) is 0 Å². The smallest absolute Gasteiger partial charge is 0.313 e. The van der Waals surface area contributed by atoms with E-state index in [4.69, 9.17) is 0 Å². The van der Waals surface area contributed by atoms with Gasteiger partial charge in [-0.05, 0) is 18.9 Å². The zero-order valence-electron chi connectivity index (χ0n) is 11.5. The largest absolute Gasteiger partial charge is 0.481 e. The topological polar surface area (TPSA) is 37.3 Å². The minimum Gasteiger partial charge on any atom is -0.481 e. The third-order valence-electron chi connectivity index (χ3n) is 3.66. The van der Waals surface area contributed by atoms with E-state index in [1.165, 1.54) is 19.3 Å². The number of hydrogen-bond donors (Lipinski definition) is 1. The molecule has 0 spiro atoms. The molecule has 1 unspecified atom stereocenters. The first kappa shape index (κ1) is 14.7. The lowest BCUT2D eigenvalue weighted by Gasteiger charge is -2.25. The minimum atomic E-state index is -0.743. The van der Waals surface area contributed by atoms with Gasteiger partial charge in [-0.1, -0.05) is 69.4 Å². The van der Waals surface area contributed by atoms with Crippen LogP contribution < -0.4 is 0 Å². The van der Waals surface area contributed by atoms with E-state index < -0.39 is 11.4 Å². The van der Waals surface area contributed by atoms with Crippen molar-refractivity contribution in [2.75, 3.05) is 0 Å². The molecule has 0 heterocycles. The molecule has 0 radical (unpaired) electrons. The van der Waals surface area contributed by atoms with Gasteiger partial charge in [0, 0.05) is 0 Å². The number of carboxylic acids is 1. The Labute approximate surface area is 110 Å². The number of carbonyl (C=O) groups is 1. The van der Waals surface area contributed by atoms with Crippen molar-refractivity contribution in [3.8, 4) is 0 Å². The Kier molecular flexibility index (Phi) is 5.90. The third kappa shape index (κ3) is 3.86. The van der Waals surface area contributed by atoms with Crippen LogP contribution >= 0.6 is 0 Å². The average Bonchev–Trinajstić information content (AvgIpc) is 2.39. The summed E-state index contributed by atoms with van der Waals surface area (Å²) in [7, 11) is 0. The van der Waals surface area contributed by atoms with Gasteiger partial charge in [0.05, 0.1) is 5.41 Å². The van der Waals surface area contributed by atoms with Gasteiger partial charge in [0.25, 0.3) is 0 Å². The third-order valence-corrected chi connectivity index (χ3v) is 3.66. The summed E-state index contributed by atoms with van der Waals surface area (Å²) in [6, 6.07) is 9.58. The standard InChI is InChI=1S/C16H24O2/c1-3-4-5-6-10-13-16(2,15(17)18)14-11-8-7-9-12-14/h7-9,11-12H,3-6,10,13H2,1-2H3,(H,17,18). The van der Waals surface area contributed by atoms with Crippen molar-refractivity contribution in [3.05, 3.63) is 35.9 Å². The second-order valence-corrected chi connectivity index (χ2v) is 5.17. The van der Waals surface area contributed by atoms with Crippen molar-refractivity contribution < 1.29 is 9.90 Å². The highest BCUT2D eigenvalue weighted by molar-refractivity contribution is 5.80. The molecule has 1 aromatic carbocycles. The molecule has 0 aliphatic rings. The molecule has 1 N–H and O–H groups in total. The first-order valence-electron chi connectivity index (χ1n) is 6.90. The number of hydrogen-bond acceptors (Lipinski definition) is 1. The molecule has 100 valence electrons. The Balaban J connectivity index is 2.62. The predicted molar refractivity (Wildman–Crippen MR) is 74.8 cm³/mol. The summed E-state index contributed by atoms with van der Waals surface area (Å²) in [5.74, 6) is -0.718. The van der Waals surface area contributed by atoms with Gasteiger partial charge < -0.3 is 5.11 Å². The van der Waals surface area contributed by atoms with Gasteiger partial charge in [0.15, 0.2) is 0 Å². The maximum Gasteiger partial charge on any atom is 0.313 e. The zero-order chi connectivity index (χ0) is 13.4. The van der Waals surface area contributed by atoms with Crippen LogP contribution in [0.2, 0.25) is 0 Å². The highest BCUT2D eigenvalue weighted by Crippen LogP contribution is 2.30. The van der Waals surface area contributed by atoms with Crippen molar-refractivity contribution in [1.29, 1.82) is 0 Å². The quantitative estimate of drug-likeness (QED) is 0.693. The molecule has 2 heteroatoms. The molecule has 18 heavy (non-hydrogen) atoms. The van der Waals surface area contributed by atoms with Crippen molar-refractivity contribution >= 4 is 5.97 Å². The molecule has 2 nitrogen and oxygen atoms in total. The molecule has 1 rings (SSSR count). The van der Waals surface area contributed by atoms with Crippen molar-refractivity contribution in [3.63, 3.8) is 0 Å². The van der Waals surface area contributed by atoms with Gasteiger partial charge in [-0.3, -0.25) is 4.79 Å². The molecule has 0 aromatic heterocycles. The number of aliphatic carboxylic acids is 1. The van der Waals surface area contributed by atoms with Gasteiger partial charge in [0.1, 0.15) is 0 Å². The molecular formula is C16H24O2. The van der Waals surface area contributed by atoms with Crippen LogP contribution in [0.1, 0.15) is 57.9 Å². The van der Waals surface area contributed by atoms with Crippen LogP contribution in [-0.2, 0) is 10.2 Å². The van der Waals surface area contributed by atoms with E-state index in [1.54, 1.807) is 0 Å². The maximum atomic E-state index is 11.5. The molecule has 0 bridgehead atoms. The highest BCUT2D eigenvalue weighted by Gasteiger charge is 2.34. The minimum absolute atomic E-state index is 0.718. The fraction of sp³-hybridized carbons (Fsp3) is 0.562. The van der Waals surface area contributed by atoms with Crippen LogP contribution in [0.3, 0.4) is 0 Å². The Hall–Kier alpha value is -1.31. The lowest BCUT2D eigenvalue weighted by atomic mass is 9.78. The predicted octanol–water partition coefficient (Wildman–Crippen LogP) is 4.39. The summed E-state index contributed by atoms with van der Waals surface area (Å²) in [5, 5.41) is 9.49. The van der Waals surface area contributed by atoms with Crippen LogP contribution in [0.25, 0.3) is 0 Å². The highest BCUT2D eigenvalue weighted by atomic mass is 16.4. The van der Waals surface area contributed by atoms with Gasteiger partial charge in [-0.15, -0.1) is 0 Å². The first-order valence-corrected chi connectivity index (χ1v) is 6.90. The fourth-order valence-corrected chi connectivity index (χ4v) is 2.26. The van der Waals surface area contributed by atoms with Crippen molar-refractivity contribution in [1.82, 2.24) is 0 Å². The van der Waals surface area contributed by atoms with Crippen LogP contribution in [0.15, 0.2) is 30.3 Å².